The van der Waals surface area contributed by atoms with E-state index in [1.54, 1.807) is 6.20 Å². The van der Waals surface area contributed by atoms with Gasteiger partial charge in [-0.2, -0.15) is 0 Å². The lowest BCUT2D eigenvalue weighted by Crippen LogP contribution is -2.28. The number of hydrogen-bond donors (Lipinski definition) is 2. The molecule has 0 bridgehead atoms. The summed E-state index contributed by atoms with van der Waals surface area (Å²) in [6.45, 7) is 0.763. The summed E-state index contributed by atoms with van der Waals surface area (Å²) >= 11 is 7.11. The second kappa shape index (κ2) is 5.09. The molecule has 98 valence electrons. The summed E-state index contributed by atoms with van der Waals surface area (Å²) in [5.74, 6) is -0.409. The van der Waals surface area contributed by atoms with E-state index in [1.807, 2.05) is 0 Å². The number of anilines is 1. The number of fused-ring (bicyclic) bond motifs is 1. The average Bonchev–Trinajstić information content (AvgIpc) is 2.94. The van der Waals surface area contributed by atoms with E-state index in [4.69, 9.17) is 16.3 Å². The number of aromatic nitrogens is 1. The van der Waals surface area contributed by atoms with E-state index in [0.717, 1.165) is 10.4 Å². The van der Waals surface area contributed by atoms with Crippen LogP contribution in [0.4, 0.5) is 10.1 Å². The smallest absolute Gasteiger partial charge is 0.423 e. The van der Waals surface area contributed by atoms with E-state index in [0.29, 0.717) is 22.2 Å². The van der Waals surface area contributed by atoms with E-state index >= 15 is 0 Å². The maximum atomic E-state index is 13.5. The van der Waals surface area contributed by atoms with Gasteiger partial charge in [0.25, 0.3) is 0 Å². The lowest BCUT2D eigenvalue weighted by atomic mass is 9.79. The molecule has 1 aromatic carbocycles. The zero-order valence-corrected chi connectivity index (χ0v) is 11.3. The van der Waals surface area contributed by atoms with Crippen LogP contribution < -0.4 is 10.8 Å². The van der Waals surface area contributed by atoms with Crippen LogP contribution in [0, 0.1) is 5.82 Å². The van der Waals surface area contributed by atoms with Gasteiger partial charge in [0.1, 0.15) is 5.82 Å². The summed E-state index contributed by atoms with van der Waals surface area (Å²) in [5.41, 5.74) is 1.88. The Morgan fingerprint density at radius 3 is 3.16 bits per heavy atom. The lowest BCUT2D eigenvalue weighted by Gasteiger charge is -2.10. The highest BCUT2D eigenvalue weighted by Crippen LogP contribution is 2.24. The molecule has 4 nitrogen and oxygen atoms in total. The summed E-state index contributed by atoms with van der Waals surface area (Å²) in [6, 6.07) is 2.69. The number of nitrogens with zero attached hydrogens (tertiary/aromatic N) is 1. The van der Waals surface area contributed by atoms with Crippen LogP contribution in [0.1, 0.15) is 10.4 Å². The van der Waals surface area contributed by atoms with Crippen molar-refractivity contribution in [3.63, 3.8) is 0 Å². The van der Waals surface area contributed by atoms with Gasteiger partial charge in [0.15, 0.2) is 4.47 Å². The van der Waals surface area contributed by atoms with Crippen molar-refractivity contribution in [2.75, 3.05) is 5.32 Å². The normalized spacial score (nSPS) is 13.7. The molecule has 0 saturated carbocycles. The molecular formula is C11H9BClFN2O2S. The molecule has 0 saturated heterocycles. The number of thiazole rings is 1. The summed E-state index contributed by atoms with van der Waals surface area (Å²) in [6.07, 6.45) is 1.67. The van der Waals surface area contributed by atoms with Crippen LogP contribution in [0.2, 0.25) is 4.47 Å². The standard InChI is InChI=1S/C11H9BClFN2O2S/c13-11-16-4-7(19-11)3-15-10-2-6(14)1-9-8(10)5-18-12(9)17/h1-2,4,15,17H,3,5H2. The lowest BCUT2D eigenvalue weighted by molar-refractivity contribution is 0.275. The zero-order chi connectivity index (χ0) is 13.4. The Bertz CT molecular complexity index is 625. The molecule has 0 atom stereocenters. The quantitative estimate of drug-likeness (QED) is 0.848. The van der Waals surface area contributed by atoms with Crippen LogP contribution in [0.3, 0.4) is 0 Å². The number of rotatable bonds is 3. The molecule has 0 aliphatic carbocycles. The van der Waals surface area contributed by atoms with Gasteiger partial charge in [0, 0.05) is 16.8 Å². The van der Waals surface area contributed by atoms with E-state index in [1.165, 1.54) is 23.5 Å². The minimum Gasteiger partial charge on any atom is -0.423 e. The zero-order valence-electron chi connectivity index (χ0n) is 9.69. The van der Waals surface area contributed by atoms with Crippen molar-refractivity contribution in [3.8, 4) is 0 Å². The fourth-order valence-corrected chi connectivity index (χ4v) is 2.91. The van der Waals surface area contributed by atoms with Crippen molar-refractivity contribution < 1.29 is 14.1 Å². The third-order valence-electron chi connectivity index (χ3n) is 2.88. The molecule has 0 fully saturated rings. The molecule has 1 aliphatic rings. The first kappa shape index (κ1) is 12.9. The Balaban J connectivity index is 1.83. The van der Waals surface area contributed by atoms with Gasteiger partial charge in [0.2, 0.25) is 0 Å². The van der Waals surface area contributed by atoms with Crippen LogP contribution in [-0.4, -0.2) is 17.1 Å². The fourth-order valence-electron chi connectivity index (χ4n) is 2.00. The molecular weight excluding hydrogens is 289 g/mol. The minimum atomic E-state index is -1.05. The predicted molar refractivity (Wildman–Crippen MR) is 73.2 cm³/mol. The molecule has 2 aromatic rings. The van der Waals surface area contributed by atoms with E-state index in [-0.39, 0.29) is 6.61 Å². The first-order valence-electron chi connectivity index (χ1n) is 5.59. The van der Waals surface area contributed by atoms with E-state index < -0.39 is 12.9 Å². The highest BCUT2D eigenvalue weighted by molar-refractivity contribution is 7.15. The number of halogens is 2. The fraction of sp³-hybridized carbons (Fsp3) is 0.182. The Kier molecular flexibility index (Phi) is 3.45. The monoisotopic (exact) mass is 298 g/mol. The van der Waals surface area contributed by atoms with Crippen molar-refractivity contribution in [2.45, 2.75) is 13.2 Å². The third-order valence-corrected chi connectivity index (χ3v) is 3.99. The highest BCUT2D eigenvalue weighted by Gasteiger charge is 2.30. The maximum absolute atomic E-state index is 13.5. The van der Waals surface area contributed by atoms with Gasteiger partial charge in [-0.25, -0.2) is 9.37 Å². The molecule has 2 N–H and O–H groups in total. The van der Waals surface area contributed by atoms with Crippen molar-refractivity contribution in [1.29, 1.82) is 0 Å². The average molecular weight is 299 g/mol. The Morgan fingerprint density at radius 1 is 1.58 bits per heavy atom. The van der Waals surface area contributed by atoms with Gasteiger partial charge in [-0.05, 0) is 23.2 Å². The summed E-state index contributed by atoms with van der Waals surface area (Å²) in [5, 5.41) is 12.7. The summed E-state index contributed by atoms with van der Waals surface area (Å²) in [7, 11) is -1.05. The first-order valence-corrected chi connectivity index (χ1v) is 6.79. The van der Waals surface area contributed by atoms with Crippen LogP contribution in [0.25, 0.3) is 0 Å². The van der Waals surface area contributed by atoms with Crippen LogP contribution >= 0.6 is 22.9 Å². The third kappa shape index (κ3) is 2.60. The maximum Gasteiger partial charge on any atom is 0.491 e. The van der Waals surface area contributed by atoms with Gasteiger partial charge in [0.05, 0.1) is 13.2 Å². The van der Waals surface area contributed by atoms with E-state index in [2.05, 4.69) is 10.3 Å². The number of hydrogen-bond acceptors (Lipinski definition) is 5. The van der Waals surface area contributed by atoms with Crippen LogP contribution in [0.5, 0.6) is 0 Å². The largest absolute Gasteiger partial charge is 0.491 e. The van der Waals surface area contributed by atoms with Crippen LogP contribution in [-0.2, 0) is 17.8 Å². The molecule has 19 heavy (non-hydrogen) atoms. The van der Waals surface area contributed by atoms with Crippen LogP contribution in [0.15, 0.2) is 18.3 Å². The first-order chi connectivity index (χ1) is 9.13. The Morgan fingerprint density at radius 2 is 2.42 bits per heavy atom. The van der Waals surface area contributed by atoms with Crippen molar-refractivity contribution in [1.82, 2.24) is 4.98 Å². The molecule has 0 amide bonds. The second-order valence-electron chi connectivity index (χ2n) is 4.12. The summed E-state index contributed by atoms with van der Waals surface area (Å²) in [4.78, 5) is 4.88. The molecule has 2 heterocycles. The molecule has 0 unspecified atom stereocenters. The van der Waals surface area contributed by atoms with Gasteiger partial charge in [-0.1, -0.05) is 11.6 Å². The SMILES string of the molecule is OB1OCc2c(NCc3cnc(Cl)s3)cc(F)cc21. The number of benzene rings is 1. The van der Waals surface area contributed by atoms with Crippen molar-refractivity contribution >= 4 is 41.2 Å². The molecule has 0 radical (unpaired) electrons. The van der Waals surface area contributed by atoms with Gasteiger partial charge >= 0.3 is 7.12 Å². The topological polar surface area (TPSA) is 54.4 Å². The molecule has 1 aromatic heterocycles. The van der Waals surface area contributed by atoms with Crippen molar-refractivity contribution in [3.05, 3.63) is 39.1 Å². The van der Waals surface area contributed by atoms with Gasteiger partial charge in [-0.15, -0.1) is 11.3 Å². The molecule has 3 rings (SSSR count). The number of nitrogens with one attached hydrogen (secondary N) is 1. The van der Waals surface area contributed by atoms with Crippen molar-refractivity contribution in [2.24, 2.45) is 0 Å². The molecule has 0 spiro atoms. The van der Waals surface area contributed by atoms with Gasteiger partial charge < -0.3 is 15.0 Å². The summed E-state index contributed by atoms with van der Waals surface area (Å²) < 4.78 is 19.1. The highest BCUT2D eigenvalue weighted by atomic mass is 35.5. The molecule has 1 aliphatic heterocycles. The van der Waals surface area contributed by atoms with Gasteiger partial charge in [-0.3, -0.25) is 0 Å². The second-order valence-corrected chi connectivity index (χ2v) is 5.81. The predicted octanol–water partition coefficient (Wildman–Crippen LogP) is 1.77. The molecule has 8 heteroatoms. The minimum absolute atomic E-state index is 0.266. The van der Waals surface area contributed by atoms with E-state index in [9.17, 15) is 9.41 Å². The Labute approximate surface area is 118 Å². The Hall–Kier alpha value is -1.15.